The lowest BCUT2D eigenvalue weighted by Gasteiger charge is -2.13. The van der Waals surface area contributed by atoms with E-state index in [1.807, 2.05) is 27.7 Å². The number of rotatable bonds is 2. The Labute approximate surface area is 114 Å². The lowest BCUT2D eigenvalue weighted by atomic mass is 9.95. The van der Waals surface area contributed by atoms with Crippen molar-refractivity contribution >= 4 is 11.4 Å². The van der Waals surface area contributed by atoms with Gasteiger partial charge in [0.05, 0.1) is 5.69 Å². The molecule has 0 fully saturated rings. The fourth-order valence-electron chi connectivity index (χ4n) is 2.45. The molecule has 0 saturated carbocycles. The number of nitrogen functional groups attached to an aromatic ring is 1. The van der Waals surface area contributed by atoms with Crippen LogP contribution in [0.1, 0.15) is 22.3 Å². The van der Waals surface area contributed by atoms with Crippen LogP contribution in [-0.4, -0.2) is 5.21 Å². The molecule has 3 nitrogen and oxygen atoms in total. The zero-order chi connectivity index (χ0) is 14.2. The Morgan fingerprint density at radius 2 is 1.16 bits per heavy atom. The fraction of sp³-hybridized carbons (Fsp3) is 0.250. The van der Waals surface area contributed by atoms with Gasteiger partial charge in [-0.05, 0) is 85.3 Å². The van der Waals surface area contributed by atoms with Crippen LogP contribution in [0.25, 0.3) is 11.1 Å². The van der Waals surface area contributed by atoms with Crippen LogP contribution in [-0.2, 0) is 0 Å². The monoisotopic (exact) mass is 256 g/mol. The Balaban J connectivity index is 2.60. The second-order valence-corrected chi connectivity index (χ2v) is 5.12. The van der Waals surface area contributed by atoms with E-state index in [0.717, 1.165) is 44.8 Å². The van der Waals surface area contributed by atoms with Gasteiger partial charge in [0.2, 0.25) is 0 Å². The molecule has 0 saturated heterocycles. The summed E-state index contributed by atoms with van der Waals surface area (Å²) < 4.78 is 0. The van der Waals surface area contributed by atoms with E-state index in [4.69, 9.17) is 10.9 Å². The molecule has 0 atom stereocenters. The summed E-state index contributed by atoms with van der Waals surface area (Å²) in [7, 11) is 0. The van der Waals surface area contributed by atoms with Crippen molar-refractivity contribution in [2.45, 2.75) is 27.7 Å². The quantitative estimate of drug-likeness (QED) is 0.563. The maximum atomic E-state index is 9.12. The zero-order valence-electron chi connectivity index (χ0n) is 11.8. The number of benzene rings is 2. The van der Waals surface area contributed by atoms with Gasteiger partial charge >= 0.3 is 0 Å². The van der Waals surface area contributed by atoms with Crippen LogP contribution in [0.15, 0.2) is 24.3 Å². The number of hydrogen-bond donors (Lipinski definition) is 3. The average Bonchev–Trinajstić information content (AvgIpc) is 2.35. The molecule has 4 N–H and O–H groups in total. The van der Waals surface area contributed by atoms with E-state index >= 15 is 0 Å². The predicted molar refractivity (Wildman–Crippen MR) is 80.6 cm³/mol. The molecular weight excluding hydrogens is 236 g/mol. The second kappa shape index (κ2) is 4.94. The normalized spacial score (nSPS) is 10.6. The number of hydrogen-bond acceptors (Lipinski definition) is 3. The molecule has 2 aromatic rings. The molecule has 3 heteroatoms. The summed E-state index contributed by atoms with van der Waals surface area (Å²) in [4.78, 5) is 0. The molecule has 0 aliphatic heterocycles. The van der Waals surface area contributed by atoms with E-state index in [-0.39, 0.29) is 0 Å². The summed E-state index contributed by atoms with van der Waals surface area (Å²) in [6.45, 7) is 8.00. The van der Waals surface area contributed by atoms with Crippen molar-refractivity contribution in [3.63, 3.8) is 0 Å². The molecule has 100 valence electrons. The molecule has 19 heavy (non-hydrogen) atoms. The van der Waals surface area contributed by atoms with E-state index in [1.165, 1.54) is 0 Å². The Bertz CT molecular complexity index is 587. The lowest BCUT2D eigenvalue weighted by Crippen LogP contribution is -1.98. The van der Waals surface area contributed by atoms with Gasteiger partial charge in [0.1, 0.15) is 0 Å². The van der Waals surface area contributed by atoms with Crippen LogP contribution in [0.4, 0.5) is 11.4 Å². The minimum atomic E-state index is 0.771. The highest BCUT2D eigenvalue weighted by Gasteiger charge is 2.08. The molecule has 2 aromatic carbocycles. The Hall–Kier alpha value is -2.00. The smallest absolute Gasteiger partial charge is 0.0660 e. The predicted octanol–water partition coefficient (Wildman–Crippen LogP) is 3.97. The third kappa shape index (κ3) is 2.42. The molecule has 0 amide bonds. The van der Waals surface area contributed by atoms with Gasteiger partial charge in [-0.15, -0.1) is 0 Å². The second-order valence-electron chi connectivity index (χ2n) is 5.12. The summed E-state index contributed by atoms with van der Waals surface area (Å²) in [5.41, 5.74) is 16.4. The minimum Gasteiger partial charge on any atom is -0.398 e. The summed E-state index contributed by atoms with van der Waals surface area (Å²) in [5, 5.41) is 9.12. The van der Waals surface area contributed by atoms with Crippen molar-refractivity contribution in [1.29, 1.82) is 0 Å². The molecule has 0 bridgehead atoms. The van der Waals surface area contributed by atoms with E-state index in [1.54, 1.807) is 0 Å². The van der Waals surface area contributed by atoms with Gasteiger partial charge in [0.15, 0.2) is 0 Å². The van der Waals surface area contributed by atoms with E-state index < -0.39 is 0 Å². The maximum absolute atomic E-state index is 9.12. The van der Waals surface area contributed by atoms with Crippen LogP contribution >= 0.6 is 0 Å². The van der Waals surface area contributed by atoms with Crippen molar-refractivity contribution in [2.24, 2.45) is 0 Å². The average molecular weight is 256 g/mol. The lowest BCUT2D eigenvalue weighted by molar-refractivity contribution is 0.388. The van der Waals surface area contributed by atoms with Gasteiger partial charge in [0.25, 0.3) is 0 Å². The fourth-order valence-corrected chi connectivity index (χ4v) is 2.45. The minimum absolute atomic E-state index is 0.771. The first-order valence-electron chi connectivity index (χ1n) is 6.32. The number of nitrogens with one attached hydrogen (secondary N) is 1. The van der Waals surface area contributed by atoms with E-state index in [9.17, 15) is 0 Å². The third-order valence-corrected chi connectivity index (χ3v) is 3.57. The van der Waals surface area contributed by atoms with Gasteiger partial charge in [-0.2, -0.15) is 0 Å². The van der Waals surface area contributed by atoms with E-state index in [2.05, 4.69) is 29.7 Å². The number of aryl methyl sites for hydroxylation is 4. The molecule has 0 radical (unpaired) electrons. The summed E-state index contributed by atoms with van der Waals surface area (Å²) >= 11 is 0. The van der Waals surface area contributed by atoms with Crippen molar-refractivity contribution in [3.05, 3.63) is 46.5 Å². The SMILES string of the molecule is Cc1cc(-c2cc(C)c(NO)c(C)c2)cc(C)c1N. The Morgan fingerprint density at radius 3 is 1.53 bits per heavy atom. The molecule has 0 heterocycles. The van der Waals surface area contributed by atoms with Crippen LogP contribution in [0.3, 0.4) is 0 Å². The third-order valence-electron chi connectivity index (χ3n) is 3.57. The number of anilines is 2. The summed E-state index contributed by atoms with van der Waals surface area (Å²) in [6.07, 6.45) is 0. The van der Waals surface area contributed by atoms with Gasteiger partial charge in [0, 0.05) is 5.69 Å². The standard InChI is InChI=1S/C16H20N2O/c1-9-5-13(6-10(2)15(9)17)14-7-11(3)16(18-19)12(4)8-14/h5-8,18-19H,17H2,1-4H3. The van der Waals surface area contributed by atoms with Gasteiger partial charge < -0.3 is 5.73 Å². The highest BCUT2D eigenvalue weighted by molar-refractivity contribution is 5.74. The first-order chi connectivity index (χ1) is 8.93. The number of nitrogens with two attached hydrogens (primary N) is 1. The first kappa shape index (κ1) is 13.4. The largest absolute Gasteiger partial charge is 0.398 e. The van der Waals surface area contributed by atoms with Crippen LogP contribution in [0.5, 0.6) is 0 Å². The van der Waals surface area contributed by atoms with Crippen molar-refractivity contribution in [2.75, 3.05) is 11.2 Å². The molecule has 0 aromatic heterocycles. The zero-order valence-corrected chi connectivity index (χ0v) is 11.8. The van der Waals surface area contributed by atoms with Crippen LogP contribution in [0.2, 0.25) is 0 Å². The van der Waals surface area contributed by atoms with Crippen molar-refractivity contribution in [3.8, 4) is 11.1 Å². The first-order valence-corrected chi connectivity index (χ1v) is 6.32. The highest BCUT2D eigenvalue weighted by atomic mass is 16.5. The molecular formula is C16H20N2O. The Morgan fingerprint density at radius 1 is 0.789 bits per heavy atom. The molecule has 0 spiro atoms. The Kier molecular flexibility index (Phi) is 3.49. The molecule has 0 aliphatic carbocycles. The molecule has 0 aliphatic rings. The van der Waals surface area contributed by atoms with E-state index in [0.29, 0.717) is 0 Å². The highest BCUT2D eigenvalue weighted by Crippen LogP contribution is 2.31. The maximum Gasteiger partial charge on any atom is 0.0660 e. The van der Waals surface area contributed by atoms with Gasteiger partial charge in [-0.25, -0.2) is 0 Å². The van der Waals surface area contributed by atoms with Crippen LogP contribution < -0.4 is 11.2 Å². The topological polar surface area (TPSA) is 58.3 Å². The van der Waals surface area contributed by atoms with Crippen molar-refractivity contribution < 1.29 is 5.21 Å². The summed E-state index contributed by atoms with van der Waals surface area (Å²) in [6, 6.07) is 8.33. The van der Waals surface area contributed by atoms with Crippen molar-refractivity contribution in [1.82, 2.24) is 0 Å². The van der Waals surface area contributed by atoms with Gasteiger partial charge in [-0.1, -0.05) is 0 Å². The van der Waals surface area contributed by atoms with Crippen LogP contribution in [0, 0.1) is 27.7 Å². The summed E-state index contributed by atoms with van der Waals surface area (Å²) in [5.74, 6) is 0. The molecule has 2 rings (SSSR count). The molecule has 0 unspecified atom stereocenters. The van der Waals surface area contributed by atoms with Gasteiger partial charge in [-0.3, -0.25) is 10.7 Å².